The zero-order valence-electron chi connectivity index (χ0n) is 38.4. The zero-order valence-corrected chi connectivity index (χ0v) is 39.3. The molecule has 4 aromatic carbocycles. The minimum atomic E-state index is -2.19. The highest BCUT2D eigenvalue weighted by Crippen LogP contribution is 2.52. The van der Waals surface area contributed by atoms with Gasteiger partial charge in [0.15, 0.2) is 0 Å². The topological polar surface area (TPSA) is 108 Å². The number of hydrogen-bond acceptors (Lipinski definition) is 10. The van der Waals surface area contributed by atoms with Gasteiger partial charge in [0.2, 0.25) is 0 Å². The Balaban J connectivity index is 1.97. The number of unbranched alkanes of at least 4 members (excludes halogenated alkanes) is 2. The van der Waals surface area contributed by atoms with Gasteiger partial charge in [0.05, 0.1) is 28.4 Å². The molecule has 5 rings (SSSR count). The summed E-state index contributed by atoms with van der Waals surface area (Å²) in [5, 5.41) is 1.67. The summed E-state index contributed by atoms with van der Waals surface area (Å²) in [6.07, 6.45) is 4.55. The molecule has 0 aliphatic carbocycles. The van der Waals surface area contributed by atoms with Gasteiger partial charge in [-0.15, -0.1) is 0 Å². The highest BCUT2D eigenvalue weighted by atomic mass is 31.1. The van der Waals surface area contributed by atoms with Crippen LogP contribution < -0.4 is 28.2 Å². The Morgan fingerprint density at radius 2 is 0.967 bits per heavy atom. The zero-order chi connectivity index (χ0) is 44.2. The van der Waals surface area contributed by atoms with Crippen molar-refractivity contribution in [2.75, 3.05) is 28.4 Å². The third kappa shape index (κ3) is 10.7. The van der Waals surface area contributed by atoms with Gasteiger partial charge in [-0.25, -0.2) is 4.79 Å². The maximum absolute atomic E-state index is 13.6. The lowest BCUT2D eigenvalue weighted by molar-refractivity contribution is 0.0203. The fourth-order valence-corrected chi connectivity index (χ4v) is 8.26. The molecule has 0 bridgehead atoms. The first kappa shape index (κ1) is 46.1. The van der Waals surface area contributed by atoms with E-state index in [9.17, 15) is 4.79 Å². The van der Waals surface area contributed by atoms with E-state index in [4.69, 9.17) is 41.3 Å². The van der Waals surface area contributed by atoms with Crippen LogP contribution in [-0.4, -0.2) is 40.2 Å². The number of aryl methyl sites for hydroxylation is 2. The van der Waals surface area contributed by atoms with Crippen LogP contribution in [0.15, 0.2) is 56.9 Å². The summed E-state index contributed by atoms with van der Waals surface area (Å²) < 4.78 is 56.9. The lowest BCUT2D eigenvalue weighted by Crippen LogP contribution is -2.27. The lowest BCUT2D eigenvalue weighted by Gasteiger charge is -2.28. The predicted octanol–water partition coefficient (Wildman–Crippen LogP) is 14.4. The lowest BCUT2D eigenvalue weighted by atomic mass is 9.81. The minimum Gasteiger partial charge on any atom is -0.497 e. The first-order valence-electron chi connectivity index (χ1n) is 20.9. The number of fused-ring (bicyclic) bond motifs is 3. The van der Waals surface area contributed by atoms with Crippen molar-refractivity contribution in [3.8, 4) is 45.6 Å². The summed E-state index contributed by atoms with van der Waals surface area (Å²) in [6.45, 7) is 22.2. The van der Waals surface area contributed by atoms with Crippen molar-refractivity contribution >= 4 is 36.3 Å². The maximum Gasteiger partial charge on any atom is 0.514 e. The summed E-state index contributed by atoms with van der Waals surface area (Å²) in [5.74, 6) is 3.38. The fraction of sp³-hybridized carbons (Fsp3) is 0.490. The first-order valence-corrected chi connectivity index (χ1v) is 22.0. The summed E-state index contributed by atoms with van der Waals surface area (Å²) in [7, 11) is 4.41. The summed E-state index contributed by atoms with van der Waals surface area (Å²) >= 11 is 0. The molecule has 1 aromatic heterocycles. The third-order valence-corrected chi connectivity index (χ3v) is 11.2. The van der Waals surface area contributed by atoms with Crippen molar-refractivity contribution in [3.05, 3.63) is 70.8 Å². The summed E-state index contributed by atoms with van der Waals surface area (Å²) in [4.78, 5) is 13.6. The van der Waals surface area contributed by atoms with Gasteiger partial charge < -0.3 is 41.3 Å². The van der Waals surface area contributed by atoms with E-state index in [0.717, 1.165) is 83.1 Å². The van der Waals surface area contributed by atoms with Gasteiger partial charge in [-0.1, -0.05) is 68.2 Å². The standard InChI is InChI=1S/C49H65O10P/c1-16-18-20-30-22-32(51-12)24-36-37-25-33(52-13)23-31(21-19-17-2)43(37)58-60(57-42(30)36)59-45-39(27-35(54-15)29-41(45)48(6,7)8)38-26-34(53-14)28-40(47(3,4)5)44(38)55-46(50)56-49(9,10)11/h22-29H,16-21H2,1-15H3. The van der Waals surface area contributed by atoms with E-state index in [0.29, 0.717) is 45.3 Å². The van der Waals surface area contributed by atoms with Crippen LogP contribution >= 0.6 is 8.24 Å². The Morgan fingerprint density at radius 1 is 0.567 bits per heavy atom. The molecule has 0 saturated heterocycles. The second kappa shape index (κ2) is 18.8. The molecule has 0 fully saturated rings. The van der Waals surface area contributed by atoms with Gasteiger partial charge in [-0.2, -0.15) is 0 Å². The maximum atomic E-state index is 13.6. The van der Waals surface area contributed by atoms with Gasteiger partial charge in [0.1, 0.15) is 51.3 Å². The molecule has 0 saturated carbocycles. The van der Waals surface area contributed by atoms with E-state index < -0.39 is 30.8 Å². The van der Waals surface area contributed by atoms with Crippen LogP contribution in [0.25, 0.3) is 33.1 Å². The van der Waals surface area contributed by atoms with Crippen molar-refractivity contribution < 1.29 is 46.1 Å². The molecule has 10 nitrogen and oxygen atoms in total. The fourth-order valence-electron chi connectivity index (χ4n) is 7.07. The number of hydrogen-bond donors (Lipinski definition) is 0. The van der Waals surface area contributed by atoms with Crippen molar-refractivity contribution in [1.29, 1.82) is 0 Å². The smallest absolute Gasteiger partial charge is 0.497 e. The third-order valence-electron chi connectivity index (χ3n) is 10.2. The molecule has 0 N–H and O–H groups in total. The Morgan fingerprint density at radius 3 is 1.35 bits per heavy atom. The molecule has 0 aliphatic rings. The molecule has 60 heavy (non-hydrogen) atoms. The second-order valence-corrected chi connectivity index (χ2v) is 19.2. The normalized spacial score (nSPS) is 12.1. The average Bonchev–Trinajstić information content (AvgIpc) is 3.33. The van der Waals surface area contributed by atoms with Crippen LogP contribution in [-0.2, 0) is 28.4 Å². The van der Waals surface area contributed by atoms with Crippen molar-refractivity contribution in [3.63, 3.8) is 0 Å². The Bertz CT molecular complexity index is 2280. The van der Waals surface area contributed by atoms with Crippen molar-refractivity contribution in [1.82, 2.24) is 0 Å². The van der Waals surface area contributed by atoms with E-state index in [1.54, 1.807) is 49.2 Å². The van der Waals surface area contributed by atoms with Crippen LogP contribution in [0.4, 0.5) is 4.79 Å². The van der Waals surface area contributed by atoms with Crippen LogP contribution in [0.2, 0.25) is 0 Å². The first-order chi connectivity index (χ1) is 28.2. The monoisotopic (exact) mass is 844 g/mol. The quantitative estimate of drug-likeness (QED) is 0.0792. The minimum absolute atomic E-state index is 0.310. The summed E-state index contributed by atoms with van der Waals surface area (Å²) in [6, 6.07) is 15.7. The second-order valence-electron chi connectivity index (χ2n) is 18.2. The van der Waals surface area contributed by atoms with Crippen LogP contribution in [0, 0.1) is 0 Å². The number of ether oxygens (including phenoxy) is 6. The number of carbonyl (C=O) groups excluding carboxylic acids is 1. The van der Waals surface area contributed by atoms with Gasteiger partial charge >= 0.3 is 14.4 Å². The molecule has 1 heterocycles. The van der Waals surface area contributed by atoms with E-state index in [2.05, 4.69) is 55.4 Å². The molecule has 0 spiro atoms. The SMILES string of the molecule is CCCCc1cc(OC)cc2c1op(Oc1c(-c3cc(OC)cc(C(C)(C)C)c3OC(=O)OC(C)(C)C)cc(OC)cc1C(C)(C)C)oc1c(CCCC)cc(OC)cc12. The average molecular weight is 845 g/mol. The molecular formula is C49H65O10P. The molecule has 5 aromatic rings. The van der Waals surface area contributed by atoms with E-state index in [-0.39, 0.29) is 0 Å². The molecule has 0 unspecified atom stereocenters. The van der Waals surface area contributed by atoms with E-state index in [1.807, 2.05) is 48.5 Å². The van der Waals surface area contributed by atoms with Crippen molar-refractivity contribution in [2.45, 2.75) is 131 Å². The highest BCUT2D eigenvalue weighted by Gasteiger charge is 2.32. The highest BCUT2D eigenvalue weighted by molar-refractivity contribution is 7.32. The molecule has 11 heteroatoms. The van der Waals surface area contributed by atoms with E-state index in [1.165, 1.54) is 0 Å². The van der Waals surface area contributed by atoms with Gasteiger partial charge in [-0.3, -0.25) is 0 Å². The largest absolute Gasteiger partial charge is 0.514 e. The van der Waals surface area contributed by atoms with Crippen LogP contribution in [0.3, 0.4) is 0 Å². The van der Waals surface area contributed by atoms with Gasteiger partial charge in [0.25, 0.3) is 0 Å². The summed E-state index contributed by atoms with van der Waals surface area (Å²) in [5.41, 5.74) is 4.21. The van der Waals surface area contributed by atoms with E-state index >= 15 is 0 Å². The molecule has 326 valence electrons. The molecule has 0 aliphatic heterocycles. The van der Waals surface area contributed by atoms with Crippen molar-refractivity contribution in [2.24, 2.45) is 0 Å². The number of benzene rings is 4. The number of methoxy groups -OCH3 is 4. The van der Waals surface area contributed by atoms with Crippen LogP contribution in [0.5, 0.6) is 34.5 Å². The Labute approximate surface area is 357 Å². The molecule has 0 atom stereocenters. The Kier molecular flexibility index (Phi) is 14.4. The Hall–Kier alpha value is -4.95. The molecular weight excluding hydrogens is 780 g/mol. The molecule has 0 radical (unpaired) electrons. The van der Waals surface area contributed by atoms with Gasteiger partial charge in [-0.05, 0) is 117 Å². The van der Waals surface area contributed by atoms with Crippen LogP contribution in [0.1, 0.15) is 124 Å². The molecule has 0 amide bonds. The number of rotatable bonds is 14. The number of carbonyl (C=O) groups is 1. The van der Waals surface area contributed by atoms with Gasteiger partial charge in [0, 0.05) is 33.0 Å². The predicted molar refractivity (Wildman–Crippen MR) is 242 cm³/mol.